The molecule has 13 nitrogen and oxygen atoms in total. The number of nitrogens with zero attached hydrogens (tertiary/aromatic N) is 1. The Morgan fingerprint density at radius 1 is 1.00 bits per heavy atom. The molecule has 0 spiro atoms. The lowest BCUT2D eigenvalue weighted by Crippen LogP contribution is -2.55. The molecule has 0 heterocycles. The van der Waals surface area contributed by atoms with Gasteiger partial charge in [0.2, 0.25) is 11.8 Å². The van der Waals surface area contributed by atoms with Crippen LogP contribution >= 0.6 is 0 Å². The Kier molecular flexibility index (Phi) is 10.9. The van der Waals surface area contributed by atoms with Crippen LogP contribution in [-0.4, -0.2) is 59.8 Å². The van der Waals surface area contributed by atoms with Gasteiger partial charge in [-0.2, -0.15) is 0 Å². The van der Waals surface area contributed by atoms with Crippen molar-refractivity contribution in [2.75, 3.05) is 13.2 Å². The summed E-state index contributed by atoms with van der Waals surface area (Å²) in [4.78, 5) is 58.5. The van der Waals surface area contributed by atoms with Crippen LogP contribution in [-0.2, 0) is 19.1 Å². The molecule has 0 aliphatic rings. The molecule has 0 unspecified atom stereocenters. The minimum absolute atomic E-state index is 0.0562. The van der Waals surface area contributed by atoms with E-state index >= 15 is 0 Å². The topological polar surface area (TPSA) is 175 Å². The van der Waals surface area contributed by atoms with Crippen LogP contribution in [0.5, 0.6) is 5.75 Å². The zero-order valence-electron chi connectivity index (χ0n) is 20.6. The quantitative estimate of drug-likeness (QED) is 0.144. The van der Waals surface area contributed by atoms with Crippen molar-refractivity contribution < 1.29 is 38.3 Å². The molecule has 0 aliphatic carbocycles. The molecule has 0 fully saturated rings. The number of nitro benzene ring substituents is 1. The van der Waals surface area contributed by atoms with Gasteiger partial charge in [-0.05, 0) is 45.7 Å². The number of non-ortho nitro benzene ring substituents is 1. The molecule has 1 rings (SSSR count). The molecule has 35 heavy (non-hydrogen) atoms. The summed E-state index contributed by atoms with van der Waals surface area (Å²) in [6.07, 6.45) is -1.80. The minimum Gasteiger partial charge on any atom is -0.444 e. The third kappa shape index (κ3) is 11.2. The van der Waals surface area contributed by atoms with E-state index in [1.54, 1.807) is 34.6 Å². The van der Waals surface area contributed by atoms with E-state index < -0.39 is 46.7 Å². The van der Waals surface area contributed by atoms with E-state index in [0.717, 1.165) is 0 Å². The first-order valence-electron chi connectivity index (χ1n) is 10.9. The van der Waals surface area contributed by atoms with Crippen LogP contribution in [0.1, 0.15) is 41.5 Å². The lowest BCUT2D eigenvalue weighted by atomic mass is 10.0. The van der Waals surface area contributed by atoms with Crippen molar-refractivity contribution in [3.63, 3.8) is 0 Å². The van der Waals surface area contributed by atoms with Crippen molar-refractivity contribution in [1.82, 2.24) is 16.0 Å². The molecular formula is C22H32N4O9. The highest BCUT2D eigenvalue weighted by molar-refractivity contribution is 5.91. The summed E-state index contributed by atoms with van der Waals surface area (Å²) in [5.74, 6) is -1.31. The Labute approximate surface area is 203 Å². The zero-order chi connectivity index (χ0) is 26.8. The van der Waals surface area contributed by atoms with E-state index in [4.69, 9.17) is 14.2 Å². The second-order valence-electron chi connectivity index (χ2n) is 8.84. The number of benzene rings is 1. The van der Waals surface area contributed by atoms with Gasteiger partial charge in [0.15, 0.2) is 0 Å². The molecule has 3 N–H and O–H groups in total. The third-order valence-corrected chi connectivity index (χ3v) is 4.24. The van der Waals surface area contributed by atoms with Crippen LogP contribution in [0.25, 0.3) is 0 Å². The van der Waals surface area contributed by atoms with Gasteiger partial charge in [0.05, 0.1) is 11.5 Å². The summed E-state index contributed by atoms with van der Waals surface area (Å²) < 4.78 is 14.9. The van der Waals surface area contributed by atoms with E-state index in [1.807, 2.05) is 0 Å². The fraction of sp³-hybridized carbons (Fsp3) is 0.545. The summed E-state index contributed by atoms with van der Waals surface area (Å²) in [6, 6.07) is 2.98. The number of rotatable bonds is 10. The summed E-state index contributed by atoms with van der Waals surface area (Å²) >= 11 is 0. The Bertz CT molecular complexity index is 910. The lowest BCUT2D eigenvalue weighted by molar-refractivity contribution is -0.384. The molecule has 1 aromatic rings. The fourth-order valence-electron chi connectivity index (χ4n) is 2.56. The Balaban J connectivity index is 2.42. The van der Waals surface area contributed by atoms with Gasteiger partial charge < -0.3 is 30.2 Å². The smallest absolute Gasteiger partial charge is 0.444 e. The SMILES string of the molecule is CC(C)[C@H](NC(=O)OC(C)(C)C)C(=O)N[C@@H](C)C(=O)NCCOC(=O)Oc1ccc([N+](=O)[O-])cc1. The van der Waals surface area contributed by atoms with E-state index in [-0.39, 0.29) is 30.5 Å². The van der Waals surface area contributed by atoms with Crippen LogP contribution in [0.2, 0.25) is 0 Å². The van der Waals surface area contributed by atoms with Crippen LogP contribution in [0.15, 0.2) is 24.3 Å². The van der Waals surface area contributed by atoms with Gasteiger partial charge in [-0.25, -0.2) is 9.59 Å². The Hall–Kier alpha value is -3.90. The number of amides is 3. The molecule has 0 saturated carbocycles. The van der Waals surface area contributed by atoms with Crippen LogP contribution in [0.4, 0.5) is 15.3 Å². The van der Waals surface area contributed by atoms with E-state index in [2.05, 4.69) is 16.0 Å². The first kappa shape index (κ1) is 29.1. The number of hydrogen-bond acceptors (Lipinski definition) is 9. The van der Waals surface area contributed by atoms with Crippen molar-refractivity contribution in [2.45, 2.75) is 59.2 Å². The van der Waals surface area contributed by atoms with E-state index in [9.17, 15) is 29.3 Å². The van der Waals surface area contributed by atoms with Gasteiger partial charge in [0.25, 0.3) is 5.69 Å². The number of ether oxygens (including phenoxy) is 3. The number of nitro groups is 1. The van der Waals surface area contributed by atoms with Crippen molar-refractivity contribution >= 4 is 29.8 Å². The van der Waals surface area contributed by atoms with Gasteiger partial charge in [0, 0.05) is 12.1 Å². The number of carbonyl (C=O) groups is 4. The first-order valence-corrected chi connectivity index (χ1v) is 10.9. The molecule has 0 aromatic heterocycles. The number of alkyl carbamates (subject to hydrolysis) is 1. The number of hydrogen-bond donors (Lipinski definition) is 3. The van der Waals surface area contributed by atoms with Crippen molar-refractivity contribution in [2.24, 2.45) is 5.92 Å². The van der Waals surface area contributed by atoms with Crippen LogP contribution in [0, 0.1) is 16.0 Å². The van der Waals surface area contributed by atoms with E-state index in [0.29, 0.717) is 0 Å². The molecule has 3 amide bonds. The highest BCUT2D eigenvalue weighted by atomic mass is 16.7. The molecule has 13 heteroatoms. The van der Waals surface area contributed by atoms with E-state index in [1.165, 1.54) is 31.2 Å². The summed E-state index contributed by atoms with van der Waals surface area (Å²) in [7, 11) is 0. The molecule has 194 valence electrons. The molecule has 0 radical (unpaired) electrons. The average molecular weight is 497 g/mol. The largest absolute Gasteiger partial charge is 0.513 e. The van der Waals surface area contributed by atoms with Gasteiger partial charge in [-0.3, -0.25) is 19.7 Å². The lowest BCUT2D eigenvalue weighted by Gasteiger charge is -2.26. The molecule has 0 saturated heterocycles. The van der Waals surface area contributed by atoms with Gasteiger partial charge in [-0.15, -0.1) is 0 Å². The van der Waals surface area contributed by atoms with Crippen molar-refractivity contribution in [3.8, 4) is 5.75 Å². The molecule has 2 atom stereocenters. The minimum atomic E-state index is -1.05. The normalized spacial score (nSPS) is 12.7. The Morgan fingerprint density at radius 3 is 2.11 bits per heavy atom. The maximum atomic E-state index is 12.6. The summed E-state index contributed by atoms with van der Waals surface area (Å²) in [5.41, 5.74) is -0.888. The molecule has 1 aromatic carbocycles. The fourth-order valence-corrected chi connectivity index (χ4v) is 2.56. The number of carbonyl (C=O) groups excluding carboxylic acids is 4. The van der Waals surface area contributed by atoms with Gasteiger partial charge in [-0.1, -0.05) is 13.8 Å². The standard InChI is InChI=1S/C22H32N4O9/c1-13(2)17(25-20(29)35-22(4,5)6)19(28)24-14(3)18(27)23-11-12-33-21(30)34-16-9-7-15(8-10-16)26(31)32/h7-10,13-14,17H,11-12H2,1-6H3,(H,23,27)(H,24,28)(H,25,29)/t14-,17-/m0/s1. The zero-order valence-corrected chi connectivity index (χ0v) is 20.6. The second-order valence-corrected chi connectivity index (χ2v) is 8.84. The predicted octanol–water partition coefficient (Wildman–Crippen LogP) is 2.28. The van der Waals surface area contributed by atoms with Gasteiger partial charge >= 0.3 is 12.2 Å². The third-order valence-electron chi connectivity index (χ3n) is 4.24. The highest BCUT2D eigenvalue weighted by Gasteiger charge is 2.28. The molecule has 0 bridgehead atoms. The first-order chi connectivity index (χ1) is 16.2. The Morgan fingerprint density at radius 2 is 1.60 bits per heavy atom. The van der Waals surface area contributed by atoms with Crippen molar-refractivity contribution in [1.29, 1.82) is 0 Å². The number of nitrogens with one attached hydrogen (secondary N) is 3. The predicted molar refractivity (Wildman–Crippen MR) is 124 cm³/mol. The van der Waals surface area contributed by atoms with Crippen LogP contribution in [0.3, 0.4) is 0 Å². The highest BCUT2D eigenvalue weighted by Crippen LogP contribution is 2.17. The molecule has 0 aliphatic heterocycles. The maximum Gasteiger partial charge on any atom is 0.513 e. The maximum absolute atomic E-state index is 12.6. The van der Waals surface area contributed by atoms with Gasteiger partial charge in [0.1, 0.15) is 30.0 Å². The van der Waals surface area contributed by atoms with Crippen LogP contribution < -0.4 is 20.7 Å². The summed E-state index contributed by atoms with van der Waals surface area (Å²) in [6.45, 7) is 9.75. The molecular weight excluding hydrogens is 464 g/mol. The second kappa shape index (κ2) is 13.1. The van der Waals surface area contributed by atoms with Crippen molar-refractivity contribution in [3.05, 3.63) is 34.4 Å². The summed E-state index contributed by atoms with van der Waals surface area (Å²) in [5, 5.41) is 18.1. The average Bonchev–Trinajstić information content (AvgIpc) is 2.73. The monoisotopic (exact) mass is 496 g/mol.